The molecule has 0 amide bonds. The first-order valence-electron chi connectivity index (χ1n) is 12.7. The summed E-state index contributed by atoms with van der Waals surface area (Å²) in [4.78, 5) is 2.43. The van der Waals surface area contributed by atoms with Crippen LogP contribution in [0.3, 0.4) is 0 Å². The second-order valence-corrected chi connectivity index (χ2v) is 10.7. The zero-order valence-electron chi connectivity index (χ0n) is 20.1. The van der Waals surface area contributed by atoms with Crippen LogP contribution in [-0.2, 0) is 17.2 Å². The topological polar surface area (TPSA) is 23.5 Å². The Morgan fingerprint density at radius 1 is 0.750 bits per heavy atom. The van der Waals surface area contributed by atoms with Gasteiger partial charge in [-0.1, -0.05) is 78.3 Å². The maximum Gasteiger partial charge on any atom is 0.417 e. The number of rotatable bonds is 4. The summed E-state index contributed by atoms with van der Waals surface area (Å²) >= 11 is 5.79. The number of likely N-dealkylation sites (tertiary alicyclic amines) is 1. The number of halogens is 4. The summed E-state index contributed by atoms with van der Waals surface area (Å²) in [7, 11) is 0. The van der Waals surface area contributed by atoms with E-state index in [0.29, 0.717) is 37.5 Å². The van der Waals surface area contributed by atoms with Gasteiger partial charge in [0.2, 0.25) is 0 Å². The maximum absolute atomic E-state index is 13.4. The number of hydrogen-bond acceptors (Lipinski definition) is 2. The van der Waals surface area contributed by atoms with Gasteiger partial charge in [0.1, 0.15) is 0 Å². The third-order valence-electron chi connectivity index (χ3n) is 8.41. The van der Waals surface area contributed by atoms with Crippen LogP contribution in [-0.4, -0.2) is 29.1 Å². The van der Waals surface area contributed by atoms with Gasteiger partial charge in [-0.3, -0.25) is 0 Å². The van der Waals surface area contributed by atoms with E-state index in [1.165, 1.54) is 23.3 Å². The lowest BCUT2D eigenvalue weighted by Gasteiger charge is -2.47. The van der Waals surface area contributed by atoms with Crippen molar-refractivity contribution in [2.45, 2.75) is 61.8 Å². The summed E-state index contributed by atoms with van der Waals surface area (Å²) in [5.74, 6) is 0. The highest BCUT2D eigenvalue weighted by molar-refractivity contribution is 6.31. The van der Waals surface area contributed by atoms with Crippen LogP contribution in [0.4, 0.5) is 13.2 Å². The summed E-state index contributed by atoms with van der Waals surface area (Å²) < 4.78 is 40.1. The number of benzene rings is 3. The molecular weight excluding hydrogens is 483 g/mol. The largest absolute Gasteiger partial charge is 0.417 e. The van der Waals surface area contributed by atoms with Crippen molar-refractivity contribution < 1.29 is 18.3 Å². The van der Waals surface area contributed by atoms with Crippen LogP contribution in [0, 0.1) is 0 Å². The molecule has 1 saturated carbocycles. The summed E-state index contributed by atoms with van der Waals surface area (Å²) in [6.45, 7) is 1.32. The second kappa shape index (κ2) is 9.85. The molecule has 2 nitrogen and oxygen atoms in total. The van der Waals surface area contributed by atoms with E-state index >= 15 is 0 Å². The molecule has 1 aliphatic heterocycles. The molecule has 6 heteroatoms. The molecule has 1 heterocycles. The van der Waals surface area contributed by atoms with E-state index in [9.17, 15) is 18.3 Å². The summed E-state index contributed by atoms with van der Waals surface area (Å²) in [6, 6.07) is 25.7. The smallest absolute Gasteiger partial charge is 0.385 e. The second-order valence-electron chi connectivity index (χ2n) is 10.3. The average molecular weight is 514 g/mol. The predicted octanol–water partition coefficient (Wildman–Crippen LogP) is 7.57. The van der Waals surface area contributed by atoms with Crippen molar-refractivity contribution in [2.24, 2.45) is 0 Å². The first-order valence-corrected chi connectivity index (χ1v) is 13.0. The van der Waals surface area contributed by atoms with E-state index in [0.717, 1.165) is 31.7 Å². The lowest BCUT2D eigenvalue weighted by atomic mass is 9.64. The van der Waals surface area contributed by atoms with Crippen molar-refractivity contribution >= 4 is 11.6 Å². The van der Waals surface area contributed by atoms with E-state index in [1.807, 2.05) is 0 Å². The predicted molar refractivity (Wildman–Crippen MR) is 137 cm³/mol. The van der Waals surface area contributed by atoms with Gasteiger partial charge >= 0.3 is 6.18 Å². The molecule has 0 atom stereocenters. The minimum absolute atomic E-state index is 0.00710. The van der Waals surface area contributed by atoms with E-state index in [4.69, 9.17) is 11.6 Å². The van der Waals surface area contributed by atoms with E-state index < -0.39 is 17.3 Å². The minimum Gasteiger partial charge on any atom is -0.385 e. The molecule has 5 rings (SSSR count). The summed E-state index contributed by atoms with van der Waals surface area (Å²) in [5.41, 5.74) is 0.842. The van der Waals surface area contributed by atoms with Gasteiger partial charge in [-0.2, -0.15) is 13.2 Å². The molecule has 1 saturated heterocycles. The highest BCUT2D eigenvalue weighted by Gasteiger charge is 2.43. The number of piperidine rings is 1. The van der Waals surface area contributed by atoms with Crippen LogP contribution in [0.2, 0.25) is 5.02 Å². The number of nitrogens with zero attached hydrogens (tertiary/aromatic N) is 1. The first kappa shape index (κ1) is 25.3. The van der Waals surface area contributed by atoms with Crippen LogP contribution >= 0.6 is 11.6 Å². The highest BCUT2D eigenvalue weighted by atomic mass is 35.5. The molecule has 1 aliphatic carbocycles. The fourth-order valence-corrected chi connectivity index (χ4v) is 6.52. The molecule has 36 heavy (non-hydrogen) atoms. The van der Waals surface area contributed by atoms with Crippen molar-refractivity contribution in [1.29, 1.82) is 0 Å². The van der Waals surface area contributed by atoms with Crippen molar-refractivity contribution in [2.75, 3.05) is 13.1 Å². The number of aliphatic hydroxyl groups is 1. The van der Waals surface area contributed by atoms with Crippen molar-refractivity contribution in [3.63, 3.8) is 0 Å². The fourth-order valence-electron chi connectivity index (χ4n) is 6.30. The van der Waals surface area contributed by atoms with Gasteiger partial charge in [-0.15, -0.1) is 0 Å². The third-order valence-corrected chi connectivity index (χ3v) is 8.74. The zero-order valence-corrected chi connectivity index (χ0v) is 20.9. The van der Waals surface area contributed by atoms with Gasteiger partial charge < -0.3 is 10.0 Å². The van der Waals surface area contributed by atoms with E-state index in [-0.39, 0.29) is 10.4 Å². The average Bonchev–Trinajstić information content (AvgIpc) is 2.90. The molecule has 1 N–H and O–H groups in total. The third kappa shape index (κ3) is 4.81. The molecule has 0 spiro atoms. The molecular formula is C30H31ClF3NO. The quantitative estimate of drug-likeness (QED) is 0.389. The summed E-state index contributed by atoms with van der Waals surface area (Å²) in [5, 5.41) is 10.9. The number of hydrogen-bond donors (Lipinski definition) is 1. The molecule has 3 aromatic carbocycles. The van der Waals surface area contributed by atoms with Crippen molar-refractivity contribution in [1.82, 2.24) is 4.90 Å². The lowest BCUT2D eigenvalue weighted by molar-refractivity contribution is -0.137. The van der Waals surface area contributed by atoms with Crippen LogP contribution in [0.25, 0.3) is 0 Å². The van der Waals surface area contributed by atoms with Gasteiger partial charge in [0.25, 0.3) is 0 Å². The summed E-state index contributed by atoms with van der Waals surface area (Å²) in [6.07, 6.45) is 0.437. The standard InChI is InChI=1S/C30H31ClF3NO/c31-27-12-11-24(21-26(27)30(32,33)34)29(36)17-19-35(20-18-29)25-13-15-28(16-14-25,22-7-3-1-4-8-22)23-9-5-2-6-10-23/h1-12,21,25,36H,13-20H2. The van der Waals surface area contributed by atoms with Gasteiger partial charge in [0, 0.05) is 24.5 Å². The number of alkyl halides is 3. The van der Waals surface area contributed by atoms with Gasteiger partial charge in [0.05, 0.1) is 16.2 Å². The van der Waals surface area contributed by atoms with Gasteiger partial charge in [-0.05, 0) is 67.3 Å². The maximum atomic E-state index is 13.4. The molecule has 2 fully saturated rings. The Kier molecular flexibility index (Phi) is 6.92. The van der Waals surface area contributed by atoms with Gasteiger partial charge in [-0.25, -0.2) is 0 Å². The van der Waals surface area contributed by atoms with Crippen LogP contribution < -0.4 is 0 Å². The van der Waals surface area contributed by atoms with Gasteiger partial charge in [0.15, 0.2) is 0 Å². The highest BCUT2D eigenvalue weighted by Crippen LogP contribution is 2.47. The Morgan fingerprint density at radius 3 is 1.78 bits per heavy atom. The van der Waals surface area contributed by atoms with Crippen LogP contribution in [0.1, 0.15) is 60.8 Å². The lowest BCUT2D eigenvalue weighted by Crippen LogP contribution is -2.49. The molecule has 3 aromatic rings. The van der Waals surface area contributed by atoms with E-state index in [2.05, 4.69) is 65.6 Å². The van der Waals surface area contributed by atoms with E-state index in [1.54, 1.807) is 0 Å². The fraction of sp³-hybridized carbons (Fsp3) is 0.400. The monoisotopic (exact) mass is 513 g/mol. The Balaban J connectivity index is 1.29. The zero-order chi connectivity index (χ0) is 25.4. The van der Waals surface area contributed by atoms with Crippen molar-refractivity contribution in [3.8, 4) is 0 Å². The molecule has 2 aliphatic rings. The molecule has 0 unspecified atom stereocenters. The first-order chi connectivity index (χ1) is 17.2. The molecule has 190 valence electrons. The Hall–Kier alpha value is -2.34. The SMILES string of the molecule is OC1(c2ccc(Cl)c(C(F)(F)F)c2)CCN(C2CCC(c3ccccc3)(c3ccccc3)CC2)CC1. The Labute approximate surface area is 215 Å². The molecule has 0 aromatic heterocycles. The van der Waals surface area contributed by atoms with Crippen LogP contribution in [0.15, 0.2) is 78.9 Å². The molecule has 0 bridgehead atoms. The van der Waals surface area contributed by atoms with Crippen LogP contribution in [0.5, 0.6) is 0 Å². The Bertz CT molecular complexity index is 1120. The minimum atomic E-state index is -4.55. The Morgan fingerprint density at radius 2 is 1.28 bits per heavy atom. The van der Waals surface area contributed by atoms with Crippen molar-refractivity contribution in [3.05, 3.63) is 106 Å². The normalized spacial score (nSPS) is 20.8. The molecule has 0 radical (unpaired) electrons.